The Balaban J connectivity index is 1.45. The van der Waals surface area contributed by atoms with E-state index in [1.165, 1.54) is 0 Å². The monoisotopic (exact) mass is 441 g/mol. The van der Waals surface area contributed by atoms with Crippen molar-refractivity contribution in [2.45, 2.75) is 19.9 Å². The van der Waals surface area contributed by atoms with Crippen LogP contribution in [0.25, 0.3) is 0 Å². The molecule has 6 heteroatoms. The molecule has 168 valence electrons. The fourth-order valence-corrected chi connectivity index (χ4v) is 4.01. The number of amides is 3. The van der Waals surface area contributed by atoms with Crippen LogP contribution in [0.3, 0.4) is 0 Å². The number of hydrogen-bond acceptors (Lipinski definition) is 3. The second-order valence-electron chi connectivity index (χ2n) is 8.42. The molecule has 1 atom stereocenters. The maximum atomic E-state index is 13.1. The van der Waals surface area contributed by atoms with Gasteiger partial charge in [-0.25, -0.2) is 0 Å². The fraction of sp³-hybridized carbons (Fsp3) is 0.222. The van der Waals surface area contributed by atoms with E-state index < -0.39 is 5.92 Å². The Morgan fingerprint density at radius 3 is 2.36 bits per heavy atom. The van der Waals surface area contributed by atoms with Crippen molar-refractivity contribution in [1.29, 1.82) is 0 Å². The van der Waals surface area contributed by atoms with Crippen molar-refractivity contribution in [2.75, 3.05) is 23.8 Å². The minimum atomic E-state index is -0.482. The molecule has 3 amide bonds. The van der Waals surface area contributed by atoms with Gasteiger partial charge in [0.15, 0.2) is 0 Å². The highest BCUT2D eigenvalue weighted by molar-refractivity contribution is 6.07. The standard InChI is InChI=1S/C27H27N3O3/c1-19-12-14-22(15-13-19)30-18-21(16-25(30)31)26(32)28-24-11-7-6-10-23(24)27(33)29(2)17-20-8-4-3-5-9-20/h3-15,21H,16-18H2,1-2H3,(H,28,32). The third kappa shape index (κ3) is 5.12. The third-order valence-electron chi connectivity index (χ3n) is 5.87. The Morgan fingerprint density at radius 2 is 1.64 bits per heavy atom. The van der Waals surface area contributed by atoms with Crippen molar-refractivity contribution in [1.82, 2.24) is 4.90 Å². The molecule has 3 aromatic rings. The van der Waals surface area contributed by atoms with Crippen molar-refractivity contribution in [3.63, 3.8) is 0 Å². The second kappa shape index (κ2) is 9.69. The predicted octanol–water partition coefficient (Wildman–Crippen LogP) is 4.26. The average molecular weight is 442 g/mol. The number of nitrogens with zero attached hydrogens (tertiary/aromatic N) is 2. The van der Waals surface area contributed by atoms with Gasteiger partial charge in [-0.3, -0.25) is 14.4 Å². The number of aryl methyl sites for hydroxylation is 1. The lowest BCUT2D eigenvalue weighted by atomic mass is 10.1. The summed E-state index contributed by atoms with van der Waals surface area (Å²) in [6.07, 6.45) is 0.143. The molecule has 0 saturated carbocycles. The number of nitrogens with one attached hydrogen (secondary N) is 1. The molecule has 0 radical (unpaired) electrons. The quantitative estimate of drug-likeness (QED) is 0.621. The maximum absolute atomic E-state index is 13.1. The van der Waals surface area contributed by atoms with E-state index >= 15 is 0 Å². The van der Waals surface area contributed by atoms with Gasteiger partial charge in [-0.05, 0) is 36.8 Å². The summed E-state index contributed by atoms with van der Waals surface area (Å²) in [4.78, 5) is 41.9. The van der Waals surface area contributed by atoms with Crippen molar-refractivity contribution >= 4 is 29.1 Å². The zero-order chi connectivity index (χ0) is 23.4. The number of hydrogen-bond donors (Lipinski definition) is 1. The van der Waals surface area contributed by atoms with Crippen LogP contribution in [0.4, 0.5) is 11.4 Å². The molecule has 1 heterocycles. The Hall–Kier alpha value is -3.93. The summed E-state index contributed by atoms with van der Waals surface area (Å²) in [6.45, 7) is 2.77. The zero-order valence-corrected chi connectivity index (χ0v) is 18.8. The van der Waals surface area contributed by atoms with Crippen LogP contribution in [0.5, 0.6) is 0 Å². The number of rotatable bonds is 6. The zero-order valence-electron chi connectivity index (χ0n) is 18.8. The van der Waals surface area contributed by atoms with Crippen LogP contribution >= 0.6 is 0 Å². The minimum absolute atomic E-state index is 0.0778. The molecule has 6 nitrogen and oxygen atoms in total. The summed E-state index contributed by atoms with van der Waals surface area (Å²) in [5.74, 6) is -1.00. The highest BCUT2D eigenvalue weighted by Gasteiger charge is 2.35. The normalized spacial score (nSPS) is 15.4. The van der Waals surface area contributed by atoms with E-state index in [-0.39, 0.29) is 24.1 Å². The van der Waals surface area contributed by atoms with Crippen LogP contribution in [0.1, 0.15) is 27.9 Å². The first kappa shape index (κ1) is 22.3. The van der Waals surface area contributed by atoms with Gasteiger partial charge in [0.05, 0.1) is 17.2 Å². The highest BCUT2D eigenvalue weighted by Crippen LogP contribution is 2.27. The predicted molar refractivity (Wildman–Crippen MR) is 129 cm³/mol. The topological polar surface area (TPSA) is 69.7 Å². The molecule has 1 N–H and O–H groups in total. The maximum Gasteiger partial charge on any atom is 0.256 e. The van der Waals surface area contributed by atoms with E-state index in [0.29, 0.717) is 24.3 Å². The van der Waals surface area contributed by atoms with Gasteiger partial charge in [0.1, 0.15) is 0 Å². The lowest BCUT2D eigenvalue weighted by Crippen LogP contribution is -2.30. The molecular formula is C27H27N3O3. The highest BCUT2D eigenvalue weighted by atomic mass is 16.2. The van der Waals surface area contributed by atoms with E-state index in [9.17, 15) is 14.4 Å². The van der Waals surface area contributed by atoms with Crippen molar-refractivity contribution < 1.29 is 14.4 Å². The Morgan fingerprint density at radius 1 is 0.970 bits per heavy atom. The van der Waals surface area contributed by atoms with Gasteiger partial charge in [0.25, 0.3) is 5.91 Å². The lowest BCUT2D eigenvalue weighted by molar-refractivity contribution is -0.122. The van der Waals surface area contributed by atoms with Crippen molar-refractivity contribution in [2.24, 2.45) is 5.92 Å². The summed E-state index contributed by atoms with van der Waals surface area (Å²) in [5, 5.41) is 2.89. The first-order chi connectivity index (χ1) is 15.9. The van der Waals surface area contributed by atoms with Crippen LogP contribution in [-0.4, -0.2) is 36.2 Å². The van der Waals surface area contributed by atoms with E-state index in [2.05, 4.69) is 5.32 Å². The average Bonchev–Trinajstić information content (AvgIpc) is 3.22. The number of carbonyl (C=O) groups is 3. The first-order valence-corrected chi connectivity index (χ1v) is 11.0. The van der Waals surface area contributed by atoms with E-state index in [0.717, 1.165) is 16.8 Å². The van der Waals surface area contributed by atoms with Crippen molar-refractivity contribution in [3.8, 4) is 0 Å². The van der Waals surface area contributed by atoms with Crippen LogP contribution in [-0.2, 0) is 16.1 Å². The summed E-state index contributed by atoms with van der Waals surface area (Å²) in [5.41, 5.74) is 3.80. The van der Waals surface area contributed by atoms with Crippen LogP contribution in [0.15, 0.2) is 78.9 Å². The van der Waals surface area contributed by atoms with Crippen LogP contribution in [0.2, 0.25) is 0 Å². The smallest absolute Gasteiger partial charge is 0.256 e. The second-order valence-corrected chi connectivity index (χ2v) is 8.42. The van der Waals surface area contributed by atoms with Gasteiger partial charge >= 0.3 is 0 Å². The molecule has 1 aliphatic rings. The van der Waals surface area contributed by atoms with Crippen LogP contribution in [0, 0.1) is 12.8 Å². The lowest BCUT2D eigenvalue weighted by Gasteiger charge is -2.20. The molecule has 1 unspecified atom stereocenters. The molecule has 4 rings (SSSR count). The van der Waals surface area contributed by atoms with Gasteiger partial charge < -0.3 is 15.1 Å². The summed E-state index contributed by atoms with van der Waals surface area (Å²) in [6, 6.07) is 24.4. The van der Waals surface area contributed by atoms with Crippen molar-refractivity contribution in [3.05, 3.63) is 95.6 Å². The molecule has 0 bridgehead atoms. The number of anilines is 2. The molecular weight excluding hydrogens is 414 g/mol. The summed E-state index contributed by atoms with van der Waals surface area (Å²) < 4.78 is 0. The molecule has 1 fully saturated rings. The van der Waals surface area contributed by atoms with Crippen LogP contribution < -0.4 is 10.2 Å². The first-order valence-electron chi connectivity index (χ1n) is 11.0. The van der Waals surface area contributed by atoms with Gasteiger partial charge in [0, 0.05) is 32.2 Å². The summed E-state index contributed by atoms with van der Waals surface area (Å²) >= 11 is 0. The molecule has 0 aliphatic carbocycles. The molecule has 0 aromatic heterocycles. The largest absolute Gasteiger partial charge is 0.337 e. The molecule has 33 heavy (non-hydrogen) atoms. The molecule has 0 spiro atoms. The third-order valence-corrected chi connectivity index (χ3v) is 5.87. The molecule has 3 aromatic carbocycles. The number of carbonyl (C=O) groups excluding carboxylic acids is 3. The van der Waals surface area contributed by atoms with Gasteiger partial charge in [-0.2, -0.15) is 0 Å². The Kier molecular flexibility index (Phi) is 6.54. The Bertz CT molecular complexity index is 1160. The van der Waals surface area contributed by atoms with Gasteiger partial charge in [0.2, 0.25) is 11.8 Å². The van der Waals surface area contributed by atoms with Gasteiger partial charge in [-0.15, -0.1) is 0 Å². The SMILES string of the molecule is Cc1ccc(N2CC(C(=O)Nc3ccccc3C(=O)N(C)Cc3ccccc3)CC2=O)cc1. The molecule has 1 aliphatic heterocycles. The van der Waals surface area contributed by atoms with E-state index in [4.69, 9.17) is 0 Å². The fourth-order valence-electron chi connectivity index (χ4n) is 4.01. The minimum Gasteiger partial charge on any atom is -0.337 e. The molecule has 1 saturated heterocycles. The van der Waals surface area contributed by atoms with E-state index in [1.54, 1.807) is 41.1 Å². The van der Waals surface area contributed by atoms with Gasteiger partial charge in [-0.1, -0.05) is 60.2 Å². The number of benzene rings is 3. The van der Waals surface area contributed by atoms with E-state index in [1.807, 2.05) is 61.5 Å². The Labute approximate surface area is 193 Å². The summed E-state index contributed by atoms with van der Waals surface area (Å²) in [7, 11) is 1.74. The number of para-hydroxylation sites is 1.